The summed E-state index contributed by atoms with van der Waals surface area (Å²) in [6.07, 6.45) is 6.66. The smallest absolute Gasteiger partial charge is 0.314 e. The van der Waals surface area contributed by atoms with E-state index in [2.05, 4.69) is 22.0 Å². The van der Waals surface area contributed by atoms with Crippen LogP contribution in [-0.2, 0) is 4.79 Å². The molecule has 100 valence electrons. The van der Waals surface area contributed by atoms with Crippen LogP contribution in [0.1, 0.15) is 39.0 Å². The fraction of sp³-hybridized carbons (Fsp3) is 0.692. The van der Waals surface area contributed by atoms with Gasteiger partial charge in [0.15, 0.2) is 0 Å². The largest absolute Gasteiger partial charge is 0.338 e. The number of hydrogen-bond donors (Lipinski definition) is 3. The normalized spacial score (nSPS) is 26.7. The molecule has 5 nitrogen and oxygen atoms in total. The van der Waals surface area contributed by atoms with Crippen LogP contribution in [-0.4, -0.2) is 25.0 Å². The molecule has 1 aliphatic heterocycles. The highest BCUT2D eigenvalue weighted by Crippen LogP contribution is 2.42. The van der Waals surface area contributed by atoms with Gasteiger partial charge in [0.25, 0.3) is 0 Å². The lowest BCUT2D eigenvalue weighted by atomic mass is 9.70. The van der Waals surface area contributed by atoms with Crippen molar-refractivity contribution in [3.05, 3.63) is 11.8 Å². The lowest BCUT2D eigenvalue weighted by Crippen LogP contribution is -2.50. The van der Waals surface area contributed by atoms with Crippen molar-refractivity contribution >= 4 is 11.9 Å². The van der Waals surface area contributed by atoms with Crippen molar-refractivity contribution in [3.8, 4) is 0 Å². The van der Waals surface area contributed by atoms with Crippen molar-refractivity contribution in [1.82, 2.24) is 16.0 Å². The van der Waals surface area contributed by atoms with Gasteiger partial charge in [-0.3, -0.25) is 4.79 Å². The van der Waals surface area contributed by atoms with Crippen LogP contribution < -0.4 is 16.0 Å². The second-order valence-corrected chi connectivity index (χ2v) is 5.05. The van der Waals surface area contributed by atoms with Gasteiger partial charge in [0.1, 0.15) is 0 Å². The van der Waals surface area contributed by atoms with Gasteiger partial charge in [-0.25, -0.2) is 4.79 Å². The van der Waals surface area contributed by atoms with Crippen molar-refractivity contribution in [1.29, 1.82) is 0 Å². The molecule has 0 spiro atoms. The molecule has 1 unspecified atom stereocenters. The molecular weight excluding hydrogens is 230 g/mol. The minimum Gasteiger partial charge on any atom is -0.338 e. The fourth-order valence-corrected chi connectivity index (χ4v) is 2.79. The second-order valence-electron chi connectivity index (χ2n) is 5.05. The van der Waals surface area contributed by atoms with Gasteiger partial charge in [0.2, 0.25) is 5.91 Å². The predicted molar refractivity (Wildman–Crippen MR) is 68.8 cm³/mol. The van der Waals surface area contributed by atoms with E-state index in [0.29, 0.717) is 19.5 Å². The van der Waals surface area contributed by atoms with Crippen LogP contribution in [0.2, 0.25) is 0 Å². The van der Waals surface area contributed by atoms with E-state index in [-0.39, 0.29) is 17.4 Å². The molecule has 2 aliphatic rings. The van der Waals surface area contributed by atoms with Crippen LogP contribution in [0.5, 0.6) is 0 Å². The Morgan fingerprint density at radius 3 is 3.06 bits per heavy atom. The summed E-state index contributed by atoms with van der Waals surface area (Å²) >= 11 is 0. The highest BCUT2D eigenvalue weighted by atomic mass is 16.2. The molecule has 3 N–H and O–H groups in total. The third-order valence-corrected chi connectivity index (χ3v) is 3.81. The Kier molecular flexibility index (Phi) is 3.89. The lowest BCUT2D eigenvalue weighted by molar-refractivity contribution is -0.122. The third-order valence-electron chi connectivity index (χ3n) is 3.81. The Morgan fingerprint density at radius 1 is 1.44 bits per heavy atom. The van der Waals surface area contributed by atoms with Crippen LogP contribution in [0, 0.1) is 5.41 Å². The molecule has 0 aromatic carbocycles. The average molecular weight is 251 g/mol. The number of carbonyl (C=O) groups is 2. The van der Waals surface area contributed by atoms with Crippen molar-refractivity contribution in [2.75, 3.05) is 13.1 Å². The Bertz CT molecular complexity index is 378. The van der Waals surface area contributed by atoms with Gasteiger partial charge in [0.05, 0.1) is 0 Å². The first-order valence-corrected chi connectivity index (χ1v) is 6.68. The quantitative estimate of drug-likeness (QED) is 0.707. The molecule has 0 radical (unpaired) electrons. The average Bonchev–Trinajstić information content (AvgIpc) is 2.37. The summed E-state index contributed by atoms with van der Waals surface area (Å²) in [5, 5.41) is 8.61. The Morgan fingerprint density at radius 2 is 2.28 bits per heavy atom. The highest BCUT2D eigenvalue weighted by Gasteiger charge is 2.40. The highest BCUT2D eigenvalue weighted by molar-refractivity contribution is 5.80. The Labute approximate surface area is 107 Å². The molecule has 1 fully saturated rings. The summed E-state index contributed by atoms with van der Waals surface area (Å²) in [5.41, 5.74) is 0.957. The van der Waals surface area contributed by atoms with Crippen LogP contribution >= 0.6 is 0 Å². The summed E-state index contributed by atoms with van der Waals surface area (Å²) in [6, 6.07) is -0.131. The number of nitrogens with one attached hydrogen (secondary N) is 3. The van der Waals surface area contributed by atoms with Crippen molar-refractivity contribution in [2.45, 2.75) is 39.0 Å². The summed E-state index contributed by atoms with van der Waals surface area (Å²) in [6.45, 7) is 3.12. The van der Waals surface area contributed by atoms with E-state index in [1.165, 1.54) is 0 Å². The van der Waals surface area contributed by atoms with Crippen LogP contribution in [0.15, 0.2) is 11.8 Å². The fourth-order valence-electron chi connectivity index (χ4n) is 2.79. The number of carbonyl (C=O) groups excluding carboxylic acids is 2. The third kappa shape index (κ3) is 2.66. The van der Waals surface area contributed by atoms with Gasteiger partial charge in [-0.1, -0.05) is 6.08 Å². The molecule has 5 heteroatoms. The SMILES string of the molecule is CCNC(=O)NCC12CCCC=C1NC(=O)CC2. The number of allylic oxidation sites excluding steroid dienone is 1. The Hall–Kier alpha value is -1.52. The number of rotatable bonds is 3. The van der Waals surface area contributed by atoms with Crippen molar-refractivity contribution in [2.24, 2.45) is 5.41 Å². The van der Waals surface area contributed by atoms with E-state index in [9.17, 15) is 9.59 Å². The van der Waals surface area contributed by atoms with Crippen molar-refractivity contribution in [3.63, 3.8) is 0 Å². The maximum Gasteiger partial charge on any atom is 0.314 e. The molecule has 1 atom stereocenters. The van der Waals surface area contributed by atoms with Crippen molar-refractivity contribution < 1.29 is 9.59 Å². The molecule has 0 aromatic rings. The maximum absolute atomic E-state index is 11.5. The molecule has 1 heterocycles. The molecule has 0 bridgehead atoms. The van der Waals surface area contributed by atoms with E-state index in [1.807, 2.05) is 6.92 Å². The predicted octanol–water partition coefficient (Wildman–Crippen LogP) is 1.27. The molecule has 2 rings (SSSR count). The van der Waals surface area contributed by atoms with E-state index in [0.717, 1.165) is 31.4 Å². The number of piperidine rings is 1. The zero-order chi connectivity index (χ0) is 13.0. The van der Waals surface area contributed by atoms with Gasteiger partial charge in [-0.05, 0) is 32.6 Å². The standard InChI is InChI=1S/C13H21N3O2/c1-2-14-12(18)15-9-13-7-4-3-5-10(13)16-11(17)6-8-13/h5H,2-4,6-9H2,1H3,(H,16,17)(H2,14,15,18). The first kappa shape index (κ1) is 12.9. The van der Waals surface area contributed by atoms with E-state index in [1.54, 1.807) is 0 Å². The molecule has 1 aliphatic carbocycles. The zero-order valence-corrected chi connectivity index (χ0v) is 10.8. The topological polar surface area (TPSA) is 70.2 Å². The molecule has 0 aromatic heterocycles. The minimum atomic E-state index is -0.131. The number of urea groups is 1. The maximum atomic E-state index is 11.5. The van der Waals surface area contributed by atoms with E-state index >= 15 is 0 Å². The summed E-state index contributed by atoms with van der Waals surface area (Å²) < 4.78 is 0. The summed E-state index contributed by atoms with van der Waals surface area (Å²) in [5.74, 6) is 0.0942. The van der Waals surface area contributed by atoms with E-state index < -0.39 is 0 Å². The molecule has 18 heavy (non-hydrogen) atoms. The van der Waals surface area contributed by atoms with Crippen LogP contribution in [0.4, 0.5) is 4.79 Å². The number of fused-ring (bicyclic) bond motifs is 1. The van der Waals surface area contributed by atoms with Crippen LogP contribution in [0.3, 0.4) is 0 Å². The zero-order valence-electron chi connectivity index (χ0n) is 10.8. The van der Waals surface area contributed by atoms with Gasteiger partial charge in [-0.15, -0.1) is 0 Å². The van der Waals surface area contributed by atoms with Gasteiger partial charge >= 0.3 is 6.03 Å². The Balaban J connectivity index is 2.02. The molecule has 0 saturated carbocycles. The van der Waals surface area contributed by atoms with Gasteiger partial charge in [-0.2, -0.15) is 0 Å². The first-order chi connectivity index (χ1) is 8.66. The van der Waals surface area contributed by atoms with E-state index in [4.69, 9.17) is 0 Å². The monoisotopic (exact) mass is 251 g/mol. The lowest BCUT2D eigenvalue weighted by Gasteiger charge is -2.42. The molecular formula is C13H21N3O2. The summed E-state index contributed by atoms with van der Waals surface area (Å²) in [4.78, 5) is 22.9. The summed E-state index contributed by atoms with van der Waals surface area (Å²) in [7, 11) is 0. The van der Waals surface area contributed by atoms with Crippen LogP contribution in [0.25, 0.3) is 0 Å². The molecule has 3 amide bonds. The minimum absolute atomic E-state index is 0.0583. The van der Waals surface area contributed by atoms with Gasteiger partial charge < -0.3 is 16.0 Å². The number of hydrogen-bond acceptors (Lipinski definition) is 2. The number of amides is 3. The second kappa shape index (κ2) is 5.42. The first-order valence-electron chi connectivity index (χ1n) is 6.68. The molecule has 1 saturated heterocycles. The van der Waals surface area contributed by atoms with Gasteiger partial charge in [0, 0.05) is 30.6 Å².